The lowest BCUT2D eigenvalue weighted by Gasteiger charge is -2.16. The smallest absolute Gasteiger partial charge is 0.124 e. The molecular formula is C15H15BrFNS. The number of hydrogen-bond donors (Lipinski definition) is 1. The second-order valence-corrected chi connectivity index (χ2v) is 6.28. The average molecular weight is 340 g/mol. The van der Waals surface area contributed by atoms with Gasteiger partial charge in [0.2, 0.25) is 0 Å². The van der Waals surface area contributed by atoms with Crippen LogP contribution in [0.1, 0.15) is 18.5 Å². The summed E-state index contributed by atoms with van der Waals surface area (Å²) in [4.78, 5) is 2.04. The second-order valence-electron chi connectivity index (χ2n) is 4.25. The van der Waals surface area contributed by atoms with Crippen molar-refractivity contribution in [2.24, 2.45) is 0 Å². The number of benzene rings is 2. The van der Waals surface area contributed by atoms with Gasteiger partial charge in [0.25, 0.3) is 0 Å². The van der Waals surface area contributed by atoms with Gasteiger partial charge in [0.15, 0.2) is 0 Å². The quantitative estimate of drug-likeness (QED) is 0.839. The number of hydrogen-bond acceptors (Lipinski definition) is 2. The molecule has 0 saturated carbocycles. The zero-order chi connectivity index (χ0) is 13.8. The van der Waals surface area contributed by atoms with Crippen molar-refractivity contribution in [3.8, 4) is 0 Å². The van der Waals surface area contributed by atoms with Crippen LogP contribution < -0.4 is 5.32 Å². The van der Waals surface area contributed by atoms with Crippen LogP contribution in [0.5, 0.6) is 0 Å². The zero-order valence-corrected chi connectivity index (χ0v) is 13.2. The van der Waals surface area contributed by atoms with E-state index in [1.807, 2.05) is 19.2 Å². The monoisotopic (exact) mass is 339 g/mol. The Balaban J connectivity index is 2.34. The maximum Gasteiger partial charge on any atom is 0.124 e. The van der Waals surface area contributed by atoms with Gasteiger partial charge in [-0.05, 0) is 55.9 Å². The Labute approximate surface area is 125 Å². The van der Waals surface area contributed by atoms with Crippen LogP contribution in [0.3, 0.4) is 0 Å². The summed E-state index contributed by atoms with van der Waals surface area (Å²) in [6, 6.07) is 13.1. The van der Waals surface area contributed by atoms with Crippen molar-refractivity contribution >= 4 is 27.7 Å². The molecule has 1 nitrogen and oxygen atoms in total. The molecule has 0 heterocycles. The molecule has 19 heavy (non-hydrogen) atoms. The van der Waals surface area contributed by atoms with E-state index >= 15 is 0 Å². The summed E-state index contributed by atoms with van der Waals surface area (Å²) < 4.78 is 14.3. The molecule has 2 rings (SSSR count). The van der Waals surface area contributed by atoms with Gasteiger partial charge in [-0.25, -0.2) is 4.39 Å². The fraction of sp³-hybridized carbons (Fsp3) is 0.200. The molecule has 0 amide bonds. The van der Waals surface area contributed by atoms with Gasteiger partial charge in [0.1, 0.15) is 5.82 Å². The largest absolute Gasteiger partial charge is 0.313 e. The van der Waals surface area contributed by atoms with E-state index in [1.54, 1.807) is 23.9 Å². The molecule has 2 aromatic rings. The van der Waals surface area contributed by atoms with Gasteiger partial charge in [-0.15, -0.1) is 0 Å². The molecule has 0 bridgehead atoms. The van der Waals surface area contributed by atoms with E-state index in [0.717, 1.165) is 14.3 Å². The van der Waals surface area contributed by atoms with Crippen LogP contribution in [-0.2, 0) is 0 Å². The predicted octanol–water partition coefficient (Wildman–Crippen LogP) is 5.02. The first-order valence-corrected chi connectivity index (χ1v) is 7.61. The summed E-state index contributed by atoms with van der Waals surface area (Å²) in [7, 11) is 1.93. The van der Waals surface area contributed by atoms with Crippen LogP contribution in [0.25, 0.3) is 0 Å². The van der Waals surface area contributed by atoms with Gasteiger partial charge >= 0.3 is 0 Å². The molecule has 2 aromatic carbocycles. The molecule has 1 unspecified atom stereocenters. The fourth-order valence-corrected chi connectivity index (χ4v) is 3.20. The molecule has 0 aromatic heterocycles. The molecule has 0 aliphatic rings. The summed E-state index contributed by atoms with van der Waals surface area (Å²) in [6.07, 6.45) is 0. The van der Waals surface area contributed by atoms with Crippen LogP contribution >= 0.6 is 27.7 Å². The second kappa shape index (κ2) is 6.55. The van der Waals surface area contributed by atoms with E-state index in [-0.39, 0.29) is 11.9 Å². The lowest BCUT2D eigenvalue weighted by Crippen LogP contribution is -2.13. The molecular weight excluding hydrogens is 325 g/mol. The Kier molecular flexibility index (Phi) is 5.02. The SMILES string of the molecule is CNC(C)c1cc(Br)ccc1Sc1cccc(F)c1. The molecule has 1 atom stereocenters. The lowest BCUT2D eigenvalue weighted by atomic mass is 10.1. The molecule has 0 spiro atoms. The topological polar surface area (TPSA) is 12.0 Å². The van der Waals surface area contributed by atoms with Crippen molar-refractivity contribution in [1.29, 1.82) is 0 Å². The third-order valence-corrected chi connectivity index (χ3v) is 4.47. The highest BCUT2D eigenvalue weighted by Crippen LogP contribution is 2.35. The van der Waals surface area contributed by atoms with E-state index < -0.39 is 0 Å². The Morgan fingerprint density at radius 2 is 2.00 bits per heavy atom. The first-order valence-electron chi connectivity index (χ1n) is 6.00. The summed E-state index contributed by atoms with van der Waals surface area (Å²) in [6.45, 7) is 2.11. The predicted molar refractivity (Wildman–Crippen MR) is 82.1 cm³/mol. The van der Waals surface area contributed by atoms with Crippen molar-refractivity contribution in [2.75, 3.05) is 7.05 Å². The van der Waals surface area contributed by atoms with Crippen molar-refractivity contribution in [1.82, 2.24) is 5.32 Å². The van der Waals surface area contributed by atoms with Crippen molar-refractivity contribution < 1.29 is 4.39 Å². The van der Waals surface area contributed by atoms with Gasteiger partial charge in [0.05, 0.1) is 0 Å². The van der Waals surface area contributed by atoms with Gasteiger partial charge in [-0.3, -0.25) is 0 Å². The highest BCUT2D eigenvalue weighted by molar-refractivity contribution is 9.10. The first kappa shape index (κ1) is 14.6. The van der Waals surface area contributed by atoms with E-state index in [1.165, 1.54) is 11.6 Å². The third-order valence-electron chi connectivity index (χ3n) is 2.90. The molecule has 0 aliphatic heterocycles. The fourth-order valence-electron chi connectivity index (χ4n) is 1.76. The highest BCUT2D eigenvalue weighted by atomic mass is 79.9. The highest BCUT2D eigenvalue weighted by Gasteiger charge is 2.11. The van der Waals surface area contributed by atoms with Gasteiger partial charge in [-0.1, -0.05) is 33.8 Å². The minimum Gasteiger partial charge on any atom is -0.313 e. The lowest BCUT2D eigenvalue weighted by molar-refractivity contribution is 0.624. The van der Waals surface area contributed by atoms with Crippen molar-refractivity contribution in [2.45, 2.75) is 22.8 Å². The molecule has 0 fully saturated rings. The molecule has 0 aliphatic carbocycles. The minimum atomic E-state index is -0.203. The van der Waals surface area contributed by atoms with Crippen LogP contribution in [0.15, 0.2) is 56.7 Å². The van der Waals surface area contributed by atoms with Crippen LogP contribution in [0.4, 0.5) is 4.39 Å². The van der Waals surface area contributed by atoms with Crippen LogP contribution in [0.2, 0.25) is 0 Å². The van der Waals surface area contributed by atoms with Crippen LogP contribution in [-0.4, -0.2) is 7.05 Å². The normalized spacial score (nSPS) is 12.4. The van der Waals surface area contributed by atoms with Crippen molar-refractivity contribution in [3.63, 3.8) is 0 Å². The summed E-state index contributed by atoms with van der Waals surface area (Å²) >= 11 is 5.07. The summed E-state index contributed by atoms with van der Waals surface area (Å²) in [5.74, 6) is -0.203. The maximum atomic E-state index is 13.2. The minimum absolute atomic E-state index is 0.203. The molecule has 100 valence electrons. The maximum absolute atomic E-state index is 13.2. The molecule has 4 heteroatoms. The van der Waals surface area contributed by atoms with E-state index in [4.69, 9.17) is 0 Å². The standard InChI is InChI=1S/C15H15BrFNS/c1-10(18-2)14-8-11(16)6-7-15(14)19-13-5-3-4-12(17)9-13/h3-10,18H,1-2H3. The Morgan fingerprint density at radius 1 is 1.21 bits per heavy atom. The molecule has 0 radical (unpaired) electrons. The average Bonchev–Trinajstić information content (AvgIpc) is 2.40. The third kappa shape index (κ3) is 3.81. The number of rotatable bonds is 4. The Bertz CT molecular complexity index is 574. The Hall–Kier alpha value is -0.840. The molecule has 0 saturated heterocycles. The van der Waals surface area contributed by atoms with E-state index in [0.29, 0.717) is 0 Å². The van der Waals surface area contributed by atoms with Crippen LogP contribution in [0, 0.1) is 5.82 Å². The first-order chi connectivity index (χ1) is 9.10. The molecule has 1 N–H and O–H groups in total. The van der Waals surface area contributed by atoms with Gasteiger partial charge in [-0.2, -0.15) is 0 Å². The van der Waals surface area contributed by atoms with Crippen molar-refractivity contribution in [3.05, 3.63) is 58.3 Å². The van der Waals surface area contributed by atoms with Gasteiger partial charge < -0.3 is 5.32 Å². The summed E-state index contributed by atoms with van der Waals surface area (Å²) in [5, 5.41) is 3.24. The van der Waals surface area contributed by atoms with E-state index in [9.17, 15) is 4.39 Å². The zero-order valence-electron chi connectivity index (χ0n) is 10.8. The summed E-state index contributed by atoms with van der Waals surface area (Å²) in [5.41, 5.74) is 1.20. The number of nitrogens with one attached hydrogen (secondary N) is 1. The number of halogens is 2. The van der Waals surface area contributed by atoms with E-state index in [2.05, 4.69) is 40.3 Å². The van der Waals surface area contributed by atoms with Gasteiger partial charge in [0, 0.05) is 20.3 Å². The Morgan fingerprint density at radius 3 is 2.68 bits per heavy atom.